The molecule has 0 saturated heterocycles. The number of carbonyl (C=O) groups is 2. The van der Waals surface area contributed by atoms with Crippen molar-refractivity contribution in [1.82, 2.24) is 0 Å². The molecule has 0 spiro atoms. The van der Waals surface area contributed by atoms with Crippen LogP contribution in [0.3, 0.4) is 0 Å². The lowest BCUT2D eigenvalue weighted by molar-refractivity contribution is -0.154. The van der Waals surface area contributed by atoms with Crippen molar-refractivity contribution >= 4 is 11.9 Å². The molecule has 0 amide bonds. The lowest BCUT2D eigenvalue weighted by Crippen LogP contribution is -2.33. The van der Waals surface area contributed by atoms with E-state index in [1.54, 1.807) is 6.92 Å². The van der Waals surface area contributed by atoms with Crippen LogP contribution in [-0.4, -0.2) is 43.0 Å². The van der Waals surface area contributed by atoms with Gasteiger partial charge in [0.15, 0.2) is 0 Å². The van der Waals surface area contributed by atoms with Crippen LogP contribution in [0.25, 0.3) is 0 Å². The molecule has 2 N–H and O–H groups in total. The molecule has 1 aromatic rings. The summed E-state index contributed by atoms with van der Waals surface area (Å²) in [5.74, 6) is -0.680. The molecule has 1 rings (SSSR count). The van der Waals surface area contributed by atoms with Crippen molar-refractivity contribution in [2.24, 2.45) is 10.8 Å². The van der Waals surface area contributed by atoms with Crippen LogP contribution in [0.4, 0.5) is 0 Å². The first kappa shape index (κ1) is 24.1. The van der Waals surface area contributed by atoms with Gasteiger partial charge in [-0.1, -0.05) is 24.3 Å². The number of aliphatic hydroxyl groups excluding tert-OH is 2. The monoisotopic (exact) mass is 394 g/mol. The van der Waals surface area contributed by atoms with E-state index in [9.17, 15) is 19.8 Å². The second kappa shape index (κ2) is 10.6. The van der Waals surface area contributed by atoms with Crippen LogP contribution in [-0.2, 0) is 25.5 Å². The number of aryl methyl sites for hydroxylation is 1. The lowest BCUT2D eigenvalue weighted by Gasteiger charge is -2.24. The minimum absolute atomic E-state index is 0.243. The first-order valence-corrected chi connectivity index (χ1v) is 9.64. The standard InChI is InChI=1S/C22H34O6/c1-21(2,19(25)27-4)14-12-18(24)17-10-8-16(9-11-17)7-6-13-22(3,15-23)20(26)28-5/h8-11,18,23-24H,6-7,12-15H2,1-5H3. The molecular weight excluding hydrogens is 360 g/mol. The SMILES string of the molecule is COC(=O)C(C)(C)CCC(O)c1ccc(CCCC(C)(CO)C(=O)OC)cc1. The van der Waals surface area contributed by atoms with Crippen molar-refractivity contribution in [3.8, 4) is 0 Å². The molecule has 0 aliphatic rings. The molecule has 0 aliphatic heterocycles. The Hall–Kier alpha value is -1.92. The summed E-state index contributed by atoms with van der Waals surface area (Å²) < 4.78 is 9.56. The van der Waals surface area contributed by atoms with Gasteiger partial charge in [-0.25, -0.2) is 0 Å². The number of hydrogen-bond acceptors (Lipinski definition) is 6. The van der Waals surface area contributed by atoms with Gasteiger partial charge in [-0.05, 0) is 64.0 Å². The fourth-order valence-corrected chi connectivity index (χ4v) is 3.12. The Morgan fingerprint density at radius 1 is 1.00 bits per heavy atom. The average Bonchev–Trinajstić information content (AvgIpc) is 2.70. The molecule has 6 heteroatoms. The van der Waals surface area contributed by atoms with Gasteiger partial charge >= 0.3 is 11.9 Å². The summed E-state index contributed by atoms with van der Waals surface area (Å²) in [4.78, 5) is 23.5. The molecule has 2 unspecified atom stereocenters. The Balaban J connectivity index is 2.57. The summed E-state index contributed by atoms with van der Waals surface area (Å²) in [5.41, 5.74) is 0.390. The third kappa shape index (κ3) is 6.60. The van der Waals surface area contributed by atoms with Crippen molar-refractivity contribution < 1.29 is 29.3 Å². The first-order valence-electron chi connectivity index (χ1n) is 9.64. The van der Waals surface area contributed by atoms with E-state index < -0.39 is 22.9 Å². The highest BCUT2D eigenvalue weighted by atomic mass is 16.5. The number of hydrogen-bond donors (Lipinski definition) is 2. The van der Waals surface area contributed by atoms with Gasteiger partial charge in [0.05, 0.1) is 37.8 Å². The van der Waals surface area contributed by atoms with Gasteiger partial charge in [-0.2, -0.15) is 0 Å². The van der Waals surface area contributed by atoms with Crippen LogP contribution >= 0.6 is 0 Å². The zero-order valence-electron chi connectivity index (χ0n) is 17.7. The fourth-order valence-electron chi connectivity index (χ4n) is 3.12. The minimum atomic E-state index is -0.878. The molecule has 0 aliphatic carbocycles. The van der Waals surface area contributed by atoms with Crippen molar-refractivity contribution in [3.63, 3.8) is 0 Å². The highest BCUT2D eigenvalue weighted by Gasteiger charge is 2.33. The predicted octanol–water partition coefficient (Wildman–Crippen LogP) is 3.19. The van der Waals surface area contributed by atoms with Crippen molar-refractivity contribution in [3.05, 3.63) is 35.4 Å². The summed E-state index contributed by atoms with van der Waals surface area (Å²) in [7, 11) is 2.69. The molecule has 0 radical (unpaired) electrons. The van der Waals surface area contributed by atoms with Crippen LogP contribution in [0.5, 0.6) is 0 Å². The van der Waals surface area contributed by atoms with Crippen molar-refractivity contribution in [1.29, 1.82) is 0 Å². The van der Waals surface area contributed by atoms with Gasteiger partial charge in [0.1, 0.15) is 0 Å². The molecule has 0 saturated carbocycles. The number of carbonyl (C=O) groups excluding carboxylic acids is 2. The van der Waals surface area contributed by atoms with Crippen LogP contribution in [0.2, 0.25) is 0 Å². The van der Waals surface area contributed by atoms with Gasteiger partial charge in [-0.15, -0.1) is 0 Å². The third-order valence-electron chi connectivity index (χ3n) is 5.37. The number of aliphatic hydroxyl groups is 2. The number of ether oxygens (including phenoxy) is 2. The third-order valence-corrected chi connectivity index (χ3v) is 5.37. The second-order valence-electron chi connectivity index (χ2n) is 8.24. The fraction of sp³-hybridized carbons (Fsp3) is 0.636. The van der Waals surface area contributed by atoms with Crippen molar-refractivity contribution in [2.45, 2.75) is 59.0 Å². The second-order valence-corrected chi connectivity index (χ2v) is 8.24. The van der Waals surface area contributed by atoms with Gasteiger partial charge in [0.2, 0.25) is 0 Å². The van der Waals surface area contributed by atoms with E-state index in [0.717, 1.165) is 24.0 Å². The Labute approximate surface area is 167 Å². The summed E-state index contributed by atoms with van der Waals surface area (Å²) in [6.07, 6.45) is 2.38. The van der Waals surface area contributed by atoms with Crippen LogP contribution in [0.1, 0.15) is 63.7 Å². The summed E-state index contributed by atoms with van der Waals surface area (Å²) in [5, 5.41) is 19.9. The maximum atomic E-state index is 11.8. The van der Waals surface area contributed by atoms with E-state index in [0.29, 0.717) is 19.3 Å². The Bertz CT molecular complexity index is 637. The van der Waals surface area contributed by atoms with Gasteiger partial charge in [-0.3, -0.25) is 9.59 Å². The molecule has 158 valence electrons. The van der Waals surface area contributed by atoms with Gasteiger partial charge in [0, 0.05) is 0 Å². The van der Waals surface area contributed by atoms with Crippen LogP contribution in [0, 0.1) is 10.8 Å². The molecule has 0 aromatic heterocycles. The minimum Gasteiger partial charge on any atom is -0.469 e. The highest BCUT2D eigenvalue weighted by Crippen LogP contribution is 2.30. The van der Waals surface area contributed by atoms with Gasteiger partial charge in [0.25, 0.3) is 0 Å². The number of methoxy groups -OCH3 is 2. The normalized spacial score (nSPS) is 14.8. The molecule has 0 fully saturated rings. The molecule has 2 atom stereocenters. The van der Waals surface area contributed by atoms with Crippen LogP contribution < -0.4 is 0 Å². The lowest BCUT2D eigenvalue weighted by atomic mass is 9.85. The molecule has 1 aromatic carbocycles. The summed E-state index contributed by atoms with van der Waals surface area (Å²) in [6, 6.07) is 7.68. The quantitative estimate of drug-likeness (QED) is 0.560. The van der Waals surface area contributed by atoms with E-state index in [2.05, 4.69) is 0 Å². The van der Waals surface area contributed by atoms with E-state index in [-0.39, 0.29) is 12.6 Å². The smallest absolute Gasteiger partial charge is 0.313 e. The Morgan fingerprint density at radius 2 is 1.57 bits per heavy atom. The Morgan fingerprint density at radius 3 is 2.07 bits per heavy atom. The van der Waals surface area contributed by atoms with Crippen molar-refractivity contribution in [2.75, 3.05) is 20.8 Å². The molecular formula is C22H34O6. The zero-order valence-corrected chi connectivity index (χ0v) is 17.7. The summed E-state index contributed by atoms with van der Waals surface area (Å²) in [6.45, 7) is 5.08. The summed E-state index contributed by atoms with van der Waals surface area (Å²) >= 11 is 0. The average molecular weight is 395 g/mol. The number of rotatable bonds is 11. The molecule has 28 heavy (non-hydrogen) atoms. The Kier molecular flexibility index (Phi) is 9.11. The topological polar surface area (TPSA) is 93.1 Å². The maximum absolute atomic E-state index is 11.8. The van der Waals surface area contributed by atoms with Crippen LogP contribution in [0.15, 0.2) is 24.3 Å². The predicted molar refractivity (Wildman–Crippen MR) is 107 cm³/mol. The number of esters is 2. The first-order chi connectivity index (χ1) is 13.1. The van der Waals surface area contributed by atoms with E-state index in [1.807, 2.05) is 38.1 Å². The van der Waals surface area contributed by atoms with E-state index >= 15 is 0 Å². The molecule has 6 nitrogen and oxygen atoms in total. The number of benzene rings is 1. The maximum Gasteiger partial charge on any atom is 0.313 e. The molecule has 0 bridgehead atoms. The largest absolute Gasteiger partial charge is 0.469 e. The van der Waals surface area contributed by atoms with E-state index in [4.69, 9.17) is 9.47 Å². The van der Waals surface area contributed by atoms with E-state index in [1.165, 1.54) is 14.2 Å². The van der Waals surface area contributed by atoms with Gasteiger partial charge < -0.3 is 19.7 Å². The molecule has 0 heterocycles. The zero-order chi connectivity index (χ0) is 21.4. The highest BCUT2D eigenvalue weighted by molar-refractivity contribution is 5.76.